The Balaban J connectivity index is 1.69. The molecule has 2 amide bonds. The number of piperidine rings is 2. The van der Waals surface area contributed by atoms with Crippen molar-refractivity contribution in [3.05, 3.63) is 29.8 Å². The van der Waals surface area contributed by atoms with Crippen molar-refractivity contribution in [2.75, 3.05) is 33.3 Å². The molecule has 0 bridgehead atoms. The highest BCUT2D eigenvalue weighted by atomic mass is 16.5. The normalized spacial score (nSPS) is 22.8. The predicted octanol–water partition coefficient (Wildman–Crippen LogP) is 1.53. The standard InChI is InChI=1S/C19H26N2O4/c1-14(22)21-12-15(23)11-19(13-21)7-9-20(10-8-19)18(24)16-5-3-4-6-17(16)25-2/h3-6,15,23H,7-13H2,1-2H3. The lowest BCUT2D eigenvalue weighted by molar-refractivity contribution is -0.137. The minimum atomic E-state index is -0.478. The molecule has 6 heteroatoms. The second kappa shape index (κ2) is 7.04. The zero-order valence-corrected chi connectivity index (χ0v) is 14.9. The van der Waals surface area contributed by atoms with Crippen molar-refractivity contribution in [1.82, 2.24) is 9.80 Å². The third kappa shape index (κ3) is 3.63. The fourth-order valence-electron chi connectivity index (χ4n) is 4.13. The largest absolute Gasteiger partial charge is 0.496 e. The third-order valence-corrected chi connectivity index (χ3v) is 5.52. The Morgan fingerprint density at radius 2 is 1.88 bits per heavy atom. The molecule has 1 unspecified atom stereocenters. The molecular formula is C19H26N2O4. The number of amides is 2. The van der Waals surface area contributed by atoms with Gasteiger partial charge in [-0.3, -0.25) is 9.59 Å². The minimum absolute atomic E-state index is 0.00523. The second-order valence-corrected chi connectivity index (χ2v) is 7.25. The quantitative estimate of drug-likeness (QED) is 0.882. The fraction of sp³-hybridized carbons (Fsp3) is 0.579. The third-order valence-electron chi connectivity index (χ3n) is 5.52. The molecular weight excluding hydrogens is 320 g/mol. The van der Waals surface area contributed by atoms with E-state index < -0.39 is 6.10 Å². The summed E-state index contributed by atoms with van der Waals surface area (Å²) in [6.45, 7) is 3.91. The fourth-order valence-corrected chi connectivity index (χ4v) is 4.13. The van der Waals surface area contributed by atoms with Gasteiger partial charge in [0.1, 0.15) is 5.75 Å². The van der Waals surface area contributed by atoms with E-state index in [0.717, 1.165) is 12.8 Å². The molecule has 2 saturated heterocycles. The van der Waals surface area contributed by atoms with Gasteiger partial charge >= 0.3 is 0 Å². The number of β-amino-alcohol motifs (C(OH)–C–C–N with tert-alkyl or cyclic N) is 1. The van der Waals surface area contributed by atoms with Crippen LogP contribution in [0.2, 0.25) is 0 Å². The van der Waals surface area contributed by atoms with E-state index in [1.54, 1.807) is 31.1 Å². The summed E-state index contributed by atoms with van der Waals surface area (Å²) in [5.41, 5.74) is 0.496. The van der Waals surface area contributed by atoms with Gasteiger partial charge in [-0.15, -0.1) is 0 Å². The molecule has 1 N–H and O–H groups in total. The van der Waals surface area contributed by atoms with E-state index in [9.17, 15) is 14.7 Å². The van der Waals surface area contributed by atoms with Gasteiger partial charge in [0.25, 0.3) is 5.91 Å². The number of hydrogen-bond donors (Lipinski definition) is 1. The average Bonchev–Trinajstić information content (AvgIpc) is 2.61. The van der Waals surface area contributed by atoms with Crippen molar-refractivity contribution in [2.45, 2.75) is 32.3 Å². The van der Waals surface area contributed by atoms with E-state index in [1.165, 1.54) is 0 Å². The highest BCUT2D eigenvalue weighted by Crippen LogP contribution is 2.40. The topological polar surface area (TPSA) is 70.1 Å². The Labute approximate surface area is 148 Å². The number of likely N-dealkylation sites (tertiary alicyclic amines) is 2. The number of ether oxygens (including phenoxy) is 1. The molecule has 0 radical (unpaired) electrons. The van der Waals surface area contributed by atoms with E-state index in [-0.39, 0.29) is 17.2 Å². The summed E-state index contributed by atoms with van der Waals surface area (Å²) in [6, 6.07) is 7.26. The molecule has 1 atom stereocenters. The molecule has 2 fully saturated rings. The van der Waals surface area contributed by atoms with Crippen LogP contribution in [0.4, 0.5) is 0 Å². The lowest BCUT2D eigenvalue weighted by Gasteiger charge is -2.49. The van der Waals surface area contributed by atoms with E-state index in [2.05, 4.69) is 0 Å². The lowest BCUT2D eigenvalue weighted by atomic mass is 9.71. The Morgan fingerprint density at radius 1 is 1.20 bits per heavy atom. The highest BCUT2D eigenvalue weighted by Gasteiger charge is 2.43. The van der Waals surface area contributed by atoms with Crippen LogP contribution >= 0.6 is 0 Å². The van der Waals surface area contributed by atoms with Gasteiger partial charge in [-0.25, -0.2) is 0 Å². The molecule has 6 nitrogen and oxygen atoms in total. The Kier molecular flexibility index (Phi) is 4.99. The molecule has 2 aliphatic rings. The smallest absolute Gasteiger partial charge is 0.257 e. The summed E-state index contributed by atoms with van der Waals surface area (Å²) in [5, 5.41) is 10.2. The summed E-state index contributed by atoms with van der Waals surface area (Å²) >= 11 is 0. The van der Waals surface area contributed by atoms with E-state index in [0.29, 0.717) is 43.9 Å². The van der Waals surface area contributed by atoms with Crippen molar-refractivity contribution < 1.29 is 19.4 Å². The first kappa shape index (κ1) is 17.7. The van der Waals surface area contributed by atoms with Crippen LogP contribution in [0, 0.1) is 5.41 Å². The number of aliphatic hydroxyl groups excluding tert-OH is 1. The maximum Gasteiger partial charge on any atom is 0.257 e. The SMILES string of the molecule is COc1ccccc1C(=O)N1CCC2(CC1)CC(O)CN(C(C)=O)C2. The molecule has 1 aromatic rings. The molecule has 2 aliphatic heterocycles. The number of rotatable bonds is 2. The number of aliphatic hydroxyl groups is 1. The molecule has 136 valence electrons. The van der Waals surface area contributed by atoms with Crippen LogP contribution in [0.1, 0.15) is 36.5 Å². The van der Waals surface area contributed by atoms with Crippen molar-refractivity contribution in [3.8, 4) is 5.75 Å². The van der Waals surface area contributed by atoms with Gasteiger partial charge in [0.05, 0.1) is 18.8 Å². The van der Waals surface area contributed by atoms with Crippen LogP contribution < -0.4 is 4.74 Å². The van der Waals surface area contributed by atoms with Gasteiger partial charge in [-0.05, 0) is 36.8 Å². The molecule has 0 aliphatic carbocycles. The number of benzene rings is 1. The Hall–Kier alpha value is -2.08. The highest BCUT2D eigenvalue weighted by molar-refractivity contribution is 5.97. The molecule has 0 aromatic heterocycles. The molecule has 25 heavy (non-hydrogen) atoms. The first-order valence-corrected chi connectivity index (χ1v) is 8.80. The minimum Gasteiger partial charge on any atom is -0.496 e. The number of nitrogens with zero attached hydrogens (tertiary/aromatic N) is 2. The van der Waals surface area contributed by atoms with Gasteiger partial charge in [0.15, 0.2) is 0 Å². The van der Waals surface area contributed by atoms with Crippen molar-refractivity contribution in [2.24, 2.45) is 5.41 Å². The molecule has 3 rings (SSSR count). The van der Waals surface area contributed by atoms with Gasteiger partial charge in [0.2, 0.25) is 5.91 Å². The number of methoxy groups -OCH3 is 1. The zero-order chi connectivity index (χ0) is 18.0. The van der Waals surface area contributed by atoms with Crippen LogP contribution in [0.3, 0.4) is 0 Å². The summed E-state index contributed by atoms with van der Waals surface area (Å²) in [6.07, 6.45) is 1.82. The number of hydrogen-bond acceptors (Lipinski definition) is 4. The maximum atomic E-state index is 12.8. The van der Waals surface area contributed by atoms with Crippen molar-refractivity contribution >= 4 is 11.8 Å². The average molecular weight is 346 g/mol. The van der Waals surface area contributed by atoms with Crippen LogP contribution in [0.15, 0.2) is 24.3 Å². The second-order valence-electron chi connectivity index (χ2n) is 7.25. The molecule has 1 aromatic carbocycles. The van der Waals surface area contributed by atoms with Crippen LogP contribution in [-0.4, -0.2) is 66.1 Å². The molecule has 2 heterocycles. The van der Waals surface area contributed by atoms with Crippen molar-refractivity contribution in [1.29, 1.82) is 0 Å². The Morgan fingerprint density at radius 3 is 2.52 bits per heavy atom. The summed E-state index contributed by atoms with van der Waals surface area (Å²) in [4.78, 5) is 28.1. The van der Waals surface area contributed by atoms with Crippen LogP contribution in [0.25, 0.3) is 0 Å². The number of carbonyl (C=O) groups is 2. The van der Waals surface area contributed by atoms with Crippen molar-refractivity contribution in [3.63, 3.8) is 0 Å². The summed E-state index contributed by atoms with van der Waals surface area (Å²) in [5.74, 6) is 0.571. The Bertz CT molecular complexity index is 653. The lowest BCUT2D eigenvalue weighted by Crippen LogP contribution is -2.55. The van der Waals surface area contributed by atoms with Crippen LogP contribution in [0.5, 0.6) is 5.75 Å². The number of para-hydroxylation sites is 1. The molecule has 0 saturated carbocycles. The van der Waals surface area contributed by atoms with Gasteiger partial charge in [-0.2, -0.15) is 0 Å². The molecule has 1 spiro atoms. The summed E-state index contributed by atoms with van der Waals surface area (Å²) < 4.78 is 5.30. The maximum absolute atomic E-state index is 12.8. The van der Waals surface area contributed by atoms with Gasteiger partial charge in [0, 0.05) is 33.1 Å². The van der Waals surface area contributed by atoms with Gasteiger partial charge in [-0.1, -0.05) is 12.1 Å². The van der Waals surface area contributed by atoms with E-state index in [1.807, 2.05) is 17.0 Å². The van der Waals surface area contributed by atoms with E-state index in [4.69, 9.17) is 4.74 Å². The van der Waals surface area contributed by atoms with E-state index >= 15 is 0 Å². The summed E-state index contributed by atoms with van der Waals surface area (Å²) in [7, 11) is 1.57. The first-order chi connectivity index (χ1) is 11.9. The van der Waals surface area contributed by atoms with Gasteiger partial charge < -0.3 is 19.6 Å². The number of carbonyl (C=O) groups excluding carboxylic acids is 2. The monoisotopic (exact) mass is 346 g/mol. The zero-order valence-electron chi connectivity index (χ0n) is 14.9. The first-order valence-electron chi connectivity index (χ1n) is 8.80. The van der Waals surface area contributed by atoms with Crippen LogP contribution in [-0.2, 0) is 4.79 Å². The predicted molar refractivity (Wildman–Crippen MR) is 93.4 cm³/mol.